The van der Waals surface area contributed by atoms with Gasteiger partial charge in [-0.25, -0.2) is 4.98 Å². The van der Waals surface area contributed by atoms with Crippen LogP contribution in [0.4, 0.5) is 0 Å². The van der Waals surface area contributed by atoms with Crippen molar-refractivity contribution in [2.75, 3.05) is 6.54 Å². The molecule has 3 heteroatoms. The fourth-order valence-electron chi connectivity index (χ4n) is 4.05. The summed E-state index contributed by atoms with van der Waals surface area (Å²) in [6.45, 7) is 6.89. The van der Waals surface area contributed by atoms with Crippen molar-refractivity contribution >= 4 is 0 Å². The Morgan fingerprint density at radius 3 is 2.75 bits per heavy atom. The molecule has 1 aromatic heterocycles. The van der Waals surface area contributed by atoms with Crippen molar-refractivity contribution in [3.63, 3.8) is 0 Å². The molecule has 0 saturated heterocycles. The van der Waals surface area contributed by atoms with E-state index in [4.69, 9.17) is 0 Å². The molecule has 0 unspecified atom stereocenters. The third kappa shape index (κ3) is 3.25. The van der Waals surface area contributed by atoms with Gasteiger partial charge in [-0.05, 0) is 43.4 Å². The van der Waals surface area contributed by atoms with Gasteiger partial charge in [0.2, 0.25) is 0 Å². The molecule has 1 heterocycles. The highest BCUT2D eigenvalue weighted by molar-refractivity contribution is 5.03. The Balaban J connectivity index is 1.53. The van der Waals surface area contributed by atoms with Gasteiger partial charge in [-0.2, -0.15) is 0 Å². The lowest BCUT2D eigenvalue weighted by Crippen LogP contribution is -2.33. The van der Waals surface area contributed by atoms with Crippen LogP contribution >= 0.6 is 0 Å². The van der Waals surface area contributed by atoms with Crippen molar-refractivity contribution < 1.29 is 0 Å². The Morgan fingerprint density at radius 1 is 1.35 bits per heavy atom. The second-order valence-electron chi connectivity index (χ2n) is 7.43. The summed E-state index contributed by atoms with van der Waals surface area (Å²) >= 11 is 0. The molecule has 3 rings (SSSR count). The molecule has 0 aromatic carbocycles. The van der Waals surface area contributed by atoms with Crippen molar-refractivity contribution in [2.45, 2.75) is 71.4 Å². The predicted molar refractivity (Wildman–Crippen MR) is 82.6 cm³/mol. The van der Waals surface area contributed by atoms with Crippen molar-refractivity contribution in [3.8, 4) is 0 Å². The molecule has 2 aliphatic carbocycles. The molecule has 2 saturated carbocycles. The summed E-state index contributed by atoms with van der Waals surface area (Å²) in [7, 11) is 0. The number of nitrogens with one attached hydrogen (secondary N) is 1. The minimum Gasteiger partial charge on any atom is -0.330 e. The Kier molecular flexibility index (Phi) is 4.16. The van der Waals surface area contributed by atoms with Gasteiger partial charge in [0.05, 0.1) is 12.0 Å². The average Bonchev–Trinajstić information content (AvgIpc) is 2.96. The Morgan fingerprint density at radius 2 is 2.10 bits per heavy atom. The predicted octanol–water partition coefficient (Wildman–Crippen LogP) is 3.91. The summed E-state index contributed by atoms with van der Waals surface area (Å²) in [6, 6.07) is 0.741. The van der Waals surface area contributed by atoms with Crippen LogP contribution in [0.25, 0.3) is 0 Å². The van der Waals surface area contributed by atoms with Crippen LogP contribution in [0.1, 0.15) is 70.5 Å². The first-order valence-electron chi connectivity index (χ1n) is 8.40. The first-order valence-corrected chi connectivity index (χ1v) is 8.40. The van der Waals surface area contributed by atoms with Gasteiger partial charge in [0.15, 0.2) is 0 Å². The van der Waals surface area contributed by atoms with Crippen LogP contribution in [0.2, 0.25) is 0 Å². The summed E-state index contributed by atoms with van der Waals surface area (Å²) in [5.41, 5.74) is 1.93. The zero-order valence-corrected chi connectivity index (χ0v) is 13.1. The van der Waals surface area contributed by atoms with E-state index in [9.17, 15) is 0 Å². The number of rotatable bonds is 7. The zero-order valence-electron chi connectivity index (χ0n) is 13.1. The first kappa shape index (κ1) is 14.1. The minimum absolute atomic E-state index is 0.568. The molecule has 20 heavy (non-hydrogen) atoms. The van der Waals surface area contributed by atoms with Crippen LogP contribution < -0.4 is 5.32 Å². The van der Waals surface area contributed by atoms with Gasteiger partial charge in [-0.15, -0.1) is 0 Å². The van der Waals surface area contributed by atoms with Gasteiger partial charge in [-0.3, -0.25) is 0 Å². The topological polar surface area (TPSA) is 29.9 Å². The highest BCUT2D eigenvalue weighted by atomic mass is 15.1. The third-order valence-electron chi connectivity index (χ3n) is 5.00. The van der Waals surface area contributed by atoms with E-state index < -0.39 is 0 Å². The number of hydrogen-bond donors (Lipinski definition) is 1. The maximum atomic E-state index is 4.32. The van der Waals surface area contributed by atoms with Crippen molar-refractivity contribution in [2.24, 2.45) is 11.3 Å². The second kappa shape index (κ2) is 5.88. The van der Waals surface area contributed by atoms with Crippen molar-refractivity contribution in [1.29, 1.82) is 0 Å². The lowest BCUT2D eigenvalue weighted by Gasteiger charge is -2.31. The molecule has 2 fully saturated rings. The Bertz CT molecular complexity index is 425. The largest absolute Gasteiger partial charge is 0.330 e. The molecule has 0 atom stereocenters. The first-order chi connectivity index (χ1) is 9.69. The lowest BCUT2D eigenvalue weighted by atomic mass is 9.78. The molecule has 3 nitrogen and oxygen atoms in total. The maximum Gasteiger partial charge on any atom is 0.0951 e. The molecule has 0 radical (unpaired) electrons. The summed E-state index contributed by atoms with van der Waals surface area (Å²) in [4.78, 5) is 4.32. The fraction of sp³-hybridized carbons (Fsp3) is 0.824. The number of imidazole rings is 1. The Hall–Kier alpha value is -0.830. The molecular formula is C17H29N3. The van der Waals surface area contributed by atoms with E-state index in [2.05, 4.69) is 28.7 Å². The van der Waals surface area contributed by atoms with Crippen LogP contribution in [0, 0.1) is 11.3 Å². The van der Waals surface area contributed by atoms with Crippen LogP contribution in [0.3, 0.4) is 0 Å². The van der Waals surface area contributed by atoms with E-state index >= 15 is 0 Å². The number of aromatic nitrogens is 2. The van der Waals surface area contributed by atoms with E-state index in [1.54, 1.807) is 0 Å². The lowest BCUT2D eigenvalue weighted by molar-refractivity contribution is 0.223. The molecule has 0 bridgehead atoms. The van der Waals surface area contributed by atoms with E-state index in [1.807, 2.05) is 12.5 Å². The standard InChI is InChI=1S/C17H29N3/c1-14(2)9-17(7-3-4-8-17)12-18-10-16-11-19-13-20(16)15-5-6-15/h11,13-15,18H,3-10,12H2,1-2H3. The highest BCUT2D eigenvalue weighted by Gasteiger charge is 2.34. The zero-order chi connectivity index (χ0) is 14.0. The molecule has 0 amide bonds. The van der Waals surface area contributed by atoms with E-state index in [1.165, 1.54) is 57.2 Å². The number of nitrogens with zero attached hydrogens (tertiary/aromatic N) is 2. The normalized spacial score (nSPS) is 21.8. The Labute approximate surface area is 123 Å². The van der Waals surface area contributed by atoms with Crippen LogP contribution in [-0.4, -0.2) is 16.1 Å². The molecule has 0 spiro atoms. The summed E-state index contributed by atoms with van der Waals surface area (Å²) in [6.07, 6.45) is 13.8. The van der Waals surface area contributed by atoms with Gasteiger partial charge in [0.25, 0.3) is 0 Å². The summed E-state index contributed by atoms with van der Waals surface area (Å²) in [5.74, 6) is 0.812. The minimum atomic E-state index is 0.568. The molecule has 1 aromatic rings. The fourth-order valence-corrected chi connectivity index (χ4v) is 4.05. The third-order valence-corrected chi connectivity index (χ3v) is 5.00. The molecule has 2 aliphatic rings. The number of hydrogen-bond acceptors (Lipinski definition) is 2. The van der Waals surface area contributed by atoms with Gasteiger partial charge in [0.1, 0.15) is 0 Å². The van der Waals surface area contributed by atoms with Gasteiger partial charge in [-0.1, -0.05) is 26.7 Å². The monoisotopic (exact) mass is 275 g/mol. The smallest absolute Gasteiger partial charge is 0.0951 e. The van der Waals surface area contributed by atoms with E-state index in [0.29, 0.717) is 5.41 Å². The second-order valence-corrected chi connectivity index (χ2v) is 7.43. The van der Waals surface area contributed by atoms with Crippen LogP contribution in [0.15, 0.2) is 12.5 Å². The molecule has 0 aliphatic heterocycles. The highest BCUT2D eigenvalue weighted by Crippen LogP contribution is 2.42. The summed E-state index contributed by atoms with van der Waals surface area (Å²) in [5, 5.41) is 3.74. The van der Waals surface area contributed by atoms with E-state index in [-0.39, 0.29) is 0 Å². The molecule has 1 N–H and O–H groups in total. The van der Waals surface area contributed by atoms with Gasteiger partial charge < -0.3 is 9.88 Å². The molecular weight excluding hydrogens is 246 g/mol. The van der Waals surface area contributed by atoms with Crippen LogP contribution in [0.5, 0.6) is 0 Å². The molecule has 112 valence electrons. The van der Waals surface area contributed by atoms with Crippen molar-refractivity contribution in [3.05, 3.63) is 18.2 Å². The van der Waals surface area contributed by atoms with Crippen LogP contribution in [-0.2, 0) is 6.54 Å². The van der Waals surface area contributed by atoms with Gasteiger partial charge in [0, 0.05) is 25.3 Å². The average molecular weight is 275 g/mol. The SMILES string of the molecule is CC(C)CC1(CNCc2cncn2C2CC2)CCCC1. The summed E-state index contributed by atoms with van der Waals surface area (Å²) < 4.78 is 2.37. The quantitative estimate of drug-likeness (QED) is 0.817. The van der Waals surface area contributed by atoms with Crippen molar-refractivity contribution in [1.82, 2.24) is 14.9 Å². The van der Waals surface area contributed by atoms with Gasteiger partial charge >= 0.3 is 0 Å². The van der Waals surface area contributed by atoms with E-state index in [0.717, 1.165) is 18.5 Å². The maximum absolute atomic E-state index is 4.32.